The molecule has 3 heterocycles. The minimum absolute atomic E-state index is 0.154. The Morgan fingerprint density at radius 3 is 2.52 bits per heavy atom. The van der Waals surface area contributed by atoms with Gasteiger partial charge in [0, 0.05) is 19.3 Å². The molecule has 0 bridgehead atoms. The summed E-state index contributed by atoms with van der Waals surface area (Å²) < 4.78 is 38.2. The second kappa shape index (κ2) is 7.16. The van der Waals surface area contributed by atoms with Crippen molar-refractivity contribution in [3.05, 3.63) is 48.2 Å². The predicted molar refractivity (Wildman–Crippen MR) is 97.4 cm³/mol. The van der Waals surface area contributed by atoms with Crippen LogP contribution in [-0.2, 0) is 14.8 Å². The van der Waals surface area contributed by atoms with Gasteiger partial charge in [-0.05, 0) is 18.2 Å². The molecule has 1 amide bonds. The van der Waals surface area contributed by atoms with Crippen LogP contribution in [0.1, 0.15) is 10.4 Å². The average Bonchev–Trinajstić information content (AvgIpc) is 2.73. The Bertz CT molecular complexity index is 943. The molecule has 1 aromatic carbocycles. The molecule has 1 aromatic heterocycles. The number of pyridine rings is 1. The number of anilines is 1. The smallest absolute Gasteiger partial charge is 0.264 e. The average molecular weight is 389 g/mol. The van der Waals surface area contributed by atoms with E-state index in [0.29, 0.717) is 31.9 Å². The number of rotatable bonds is 3. The van der Waals surface area contributed by atoms with Crippen LogP contribution >= 0.6 is 0 Å². The van der Waals surface area contributed by atoms with Crippen molar-refractivity contribution in [1.29, 1.82) is 0 Å². The van der Waals surface area contributed by atoms with Gasteiger partial charge in [-0.1, -0.05) is 18.2 Å². The molecular weight excluding hydrogens is 370 g/mol. The van der Waals surface area contributed by atoms with Gasteiger partial charge in [0.05, 0.1) is 30.2 Å². The topological polar surface area (TPSA) is 89.0 Å². The van der Waals surface area contributed by atoms with Crippen LogP contribution < -0.4 is 9.04 Å². The fraction of sp³-hybridized carbons (Fsp3) is 0.333. The van der Waals surface area contributed by atoms with Crippen molar-refractivity contribution >= 4 is 21.6 Å². The van der Waals surface area contributed by atoms with E-state index >= 15 is 0 Å². The summed E-state index contributed by atoms with van der Waals surface area (Å²) >= 11 is 0. The van der Waals surface area contributed by atoms with Gasteiger partial charge in [-0.3, -0.25) is 9.10 Å². The van der Waals surface area contributed by atoms with Crippen LogP contribution in [0.15, 0.2) is 47.5 Å². The first-order chi connectivity index (χ1) is 13.1. The summed E-state index contributed by atoms with van der Waals surface area (Å²) in [5.41, 5.74) is 0.610. The molecule has 4 rings (SSSR count). The summed E-state index contributed by atoms with van der Waals surface area (Å²) in [6, 6.07) is 9.73. The second-order valence-corrected chi connectivity index (χ2v) is 8.05. The molecule has 9 heteroatoms. The number of sulfonamides is 1. The molecule has 8 nitrogen and oxygen atoms in total. The number of carbonyl (C=O) groups is 1. The third kappa shape index (κ3) is 3.35. The molecule has 0 N–H and O–H groups in total. The Kier molecular flexibility index (Phi) is 4.71. The Balaban J connectivity index is 1.70. The summed E-state index contributed by atoms with van der Waals surface area (Å²) in [7, 11) is -3.77. The molecule has 2 aliphatic heterocycles. The number of benzene rings is 1. The van der Waals surface area contributed by atoms with Gasteiger partial charge in [0.2, 0.25) is 5.88 Å². The van der Waals surface area contributed by atoms with E-state index in [-0.39, 0.29) is 35.5 Å². The summed E-state index contributed by atoms with van der Waals surface area (Å²) in [5.74, 6) is 0.00974. The van der Waals surface area contributed by atoms with Gasteiger partial charge in [0.15, 0.2) is 0 Å². The normalized spacial score (nSPS) is 17.2. The summed E-state index contributed by atoms with van der Waals surface area (Å²) in [6.07, 6.45) is 1.43. The number of morpholine rings is 1. The lowest BCUT2D eigenvalue weighted by Gasteiger charge is -2.31. The molecule has 0 spiro atoms. The summed E-state index contributed by atoms with van der Waals surface area (Å²) in [6.45, 7) is 2.32. The van der Waals surface area contributed by atoms with Gasteiger partial charge in [0.1, 0.15) is 12.3 Å². The Hall–Kier alpha value is -2.65. The van der Waals surface area contributed by atoms with Crippen molar-refractivity contribution in [3.63, 3.8) is 0 Å². The highest BCUT2D eigenvalue weighted by atomic mass is 32.2. The number of hydrogen-bond donors (Lipinski definition) is 0. The third-order valence-corrected chi connectivity index (χ3v) is 6.34. The fourth-order valence-corrected chi connectivity index (χ4v) is 4.57. The molecule has 0 atom stereocenters. The Labute approximate surface area is 157 Å². The molecule has 1 saturated heterocycles. The van der Waals surface area contributed by atoms with Crippen LogP contribution in [0.25, 0.3) is 0 Å². The van der Waals surface area contributed by atoms with Crippen molar-refractivity contribution in [2.45, 2.75) is 4.90 Å². The Morgan fingerprint density at radius 2 is 1.78 bits per heavy atom. The monoisotopic (exact) mass is 389 g/mol. The third-order valence-electron chi connectivity index (χ3n) is 4.51. The zero-order valence-electron chi connectivity index (χ0n) is 14.6. The second-order valence-electron chi connectivity index (χ2n) is 6.19. The molecule has 0 radical (unpaired) electrons. The highest BCUT2D eigenvalue weighted by Gasteiger charge is 2.32. The SMILES string of the molecule is O=C(c1cnc2c(c1)N(S(=O)(=O)c1ccccc1)CCO2)N1CCOCC1. The van der Waals surface area contributed by atoms with Crippen molar-refractivity contribution in [2.75, 3.05) is 43.8 Å². The highest BCUT2D eigenvalue weighted by molar-refractivity contribution is 7.92. The van der Waals surface area contributed by atoms with Gasteiger partial charge in [-0.2, -0.15) is 0 Å². The maximum absolute atomic E-state index is 13.1. The van der Waals surface area contributed by atoms with E-state index in [4.69, 9.17) is 9.47 Å². The van der Waals surface area contributed by atoms with E-state index < -0.39 is 10.0 Å². The van der Waals surface area contributed by atoms with E-state index in [0.717, 1.165) is 0 Å². The number of aromatic nitrogens is 1. The molecule has 27 heavy (non-hydrogen) atoms. The van der Waals surface area contributed by atoms with Gasteiger partial charge >= 0.3 is 0 Å². The van der Waals surface area contributed by atoms with Crippen LogP contribution in [-0.4, -0.2) is 63.7 Å². The first-order valence-electron chi connectivity index (χ1n) is 8.65. The van der Waals surface area contributed by atoms with Crippen LogP contribution in [0.3, 0.4) is 0 Å². The van der Waals surface area contributed by atoms with Gasteiger partial charge in [-0.25, -0.2) is 13.4 Å². The van der Waals surface area contributed by atoms with Crippen molar-refractivity contribution in [2.24, 2.45) is 0 Å². The first kappa shape index (κ1) is 17.7. The zero-order valence-corrected chi connectivity index (χ0v) is 15.4. The largest absolute Gasteiger partial charge is 0.474 e. The van der Waals surface area contributed by atoms with Crippen LogP contribution in [0.5, 0.6) is 5.88 Å². The number of fused-ring (bicyclic) bond motifs is 1. The number of nitrogens with zero attached hydrogens (tertiary/aromatic N) is 3. The number of amides is 1. The minimum atomic E-state index is -3.77. The maximum atomic E-state index is 13.1. The number of carbonyl (C=O) groups excluding carboxylic acids is 1. The van der Waals surface area contributed by atoms with Gasteiger partial charge in [-0.15, -0.1) is 0 Å². The van der Waals surface area contributed by atoms with E-state index in [1.807, 2.05) is 0 Å². The lowest BCUT2D eigenvalue weighted by Crippen LogP contribution is -2.41. The lowest BCUT2D eigenvalue weighted by atomic mass is 10.2. The highest BCUT2D eigenvalue weighted by Crippen LogP contribution is 2.34. The molecule has 0 aliphatic carbocycles. The van der Waals surface area contributed by atoms with E-state index in [1.165, 1.54) is 10.5 Å². The Morgan fingerprint density at radius 1 is 1.04 bits per heavy atom. The van der Waals surface area contributed by atoms with E-state index in [1.54, 1.807) is 41.3 Å². The van der Waals surface area contributed by atoms with Crippen LogP contribution in [0, 0.1) is 0 Å². The molecule has 0 unspecified atom stereocenters. The van der Waals surface area contributed by atoms with Crippen molar-refractivity contribution in [3.8, 4) is 5.88 Å². The molecule has 2 aliphatic rings. The van der Waals surface area contributed by atoms with Gasteiger partial charge in [0.25, 0.3) is 15.9 Å². The summed E-state index contributed by atoms with van der Waals surface area (Å²) in [4.78, 5) is 18.8. The molecular formula is C18H19N3O5S. The number of hydrogen-bond acceptors (Lipinski definition) is 6. The standard InChI is InChI=1S/C18H19N3O5S/c22-18(20-6-9-25-10-7-20)14-12-16-17(19-13-14)26-11-8-21(16)27(23,24)15-4-2-1-3-5-15/h1-5,12-13H,6-11H2. The summed E-state index contributed by atoms with van der Waals surface area (Å²) in [5, 5.41) is 0. The number of ether oxygens (including phenoxy) is 2. The first-order valence-corrected chi connectivity index (χ1v) is 10.1. The lowest BCUT2D eigenvalue weighted by molar-refractivity contribution is 0.0302. The van der Waals surface area contributed by atoms with E-state index in [9.17, 15) is 13.2 Å². The van der Waals surface area contributed by atoms with Crippen LogP contribution in [0.4, 0.5) is 5.69 Å². The zero-order chi connectivity index (χ0) is 18.9. The van der Waals surface area contributed by atoms with Gasteiger partial charge < -0.3 is 14.4 Å². The van der Waals surface area contributed by atoms with Crippen molar-refractivity contribution in [1.82, 2.24) is 9.88 Å². The fourth-order valence-electron chi connectivity index (χ4n) is 3.11. The molecule has 2 aromatic rings. The quantitative estimate of drug-likeness (QED) is 0.782. The maximum Gasteiger partial charge on any atom is 0.264 e. The predicted octanol–water partition coefficient (Wildman–Crippen LogP) is 1.14. The van der Waals surface area contributed by atoms with E-state index in [2.05, 4.69) is 4.98 Å². The molecule has 142 valence electrons. The van der Waals surface area contributed by atoms with Crippen LogP contribution in [0.2, 0.25) is 0 Å². The molecule has 1 fully saturated rings. The minimum Gasteiger partial charge on any atom is -0.474 e. The van der Waals surface area contributed by atoms with Crippen molar-refractivity contribution < 1.29 is 22.7 Å². The molecule has 0 saturated carbocycles.